The molecule has 191 valence electrons. The van der Waals surface area contributed by atoms with Gasteiger partial charge in [-0.25, -0.2) is 5.10 Å². The number of allylic oxidation sites excluding steroid dienone is 2. The Kier molecular flexibility index (Phi) is 10.1. The average Bonchev–Trinajstić information content (AvgIpc) is 2.71. The molecule has 1 heterocycles. The Morgan fingerprint density at radius 3 is 2.03 bits per heavy atom. The van der Waals surface area contributed by atoms with E-state index in [1.807, 2.05) is 59.7 Å². The molecule has 3 aromatic rings. The van der Waals surface area contributed by atoms with E-state index in [-0.39, 0.29) is 42.5 Å². The van der Waals surface area contributed by atoms with Crippen LogP contribution in [0.25, 0.3) is 22.2 Å². The molecule has 0 bridgehead atoms. The molecule has 1 radical (unpaired) electrons. The quantitative estimate of drug-likeness (QED) is 0.175. The number of aryl methyl sites for hydroxylation is 1. The monoisotopic (exact) mass is 652 g/mol. The molecule has 1 N–H and O–H groups in total. The number of aliphatic hydroxyl groups is 1. The van der Waals surface area contributed by atoms with Gasteiger partial charge in [-0.1, -0.05) is 93.5 Å². The average molecular weight is 652 g/mol. The zero-order valence-electron chi connectivity index (χ0n) is 22.7. The Morgan fingerprint density at radius 1 is 0.886 bits per heavy atom. The zero-order chi connectivity index (χ0) is 25.9. The van der Waals surface area contributed by atoms with Crippen LogP contribution in [0.2, 0.25) is 0 Å². The van der Waals surface area contributed by atoms with E-state index < -0.39 is 5.41 Å². The third-order valence-corrected chi connectivity index (χ3v) is 5.42. The second-order valence-corrected chi connectivity index (χ2v) is 11.9. The van der Waals surface area contributed by atoms with Crippen LogP contribution in [0.3, 0.4) is 0 Å². The standard InChI is InChI=1S/C19H19N2.C11H20O2.Ir/c1-13-9-15(11-16(10-13)19(2,3)4)18-12-14-7-5-6-8-17(14)20-21-18;1-10(2,3)8(12)7-9(13)11(4,5)6;/h5-8,10-12H,1-4H3;7,12H,1-6H3;/q-1;;/b;8-7-;. The van der Waals surface area contributed by atoms with E-state index in [1.165, 1.54) is 11.6 Å². The first-order chi connectivity index (χ1) is 15.5. The number of aromatic nitrogens is 2. The van der Waals surface area contributed by atoms with Gasteiger partial charge in [0.1, 0.15) is 5.76 Å². The summed E-state index contributed by atoms with van der Waals surface area (Å²) in [4.78, 5) is 11.5. The second kappa shape index (κ2) is 11.6. The molecule has 0 unspecified atom stereocenters. The van der Waals surface area contributed by atoms with Gasteiger partial charge < -0.3 is 5.11 Å². The van der Waals surface area contributed by atoms with E-state index in [1.54, 1.807) is 0 Å². The van der Waals surface area contributed by atoms with Gasteiger partial charge in [-0.15, -0.1) is 34.9 Å². The number of carbonyl (C=O) groups is 1. The van der Waals surface area contributed by atoms with Crippen LogP contribution in [0.4, 0.5) is 0 Å². The van der Waals surface area contributed by atoms with Crippen molar-refractivity contribution < 1.29 is 30.0 Å². The van der Waals surface area contributed by atoms with E-state index >= 15 is 0 Å². The molecule has 0 saturated heterocycles. The summed E-state index contributed by atoms with van der Waals surface area (Å²) in [6.07, 6.45) is 1.33. The molecule has 2 aromatic carbocycles. The van der Waals surface area contributed by atoms with Crippen LogP contribution in [0, 0.1) is 23.8 Å². The third-order valence-electron chi connectivity index (χ3n) is 5.42. The minimum absolute atomic E-state index is 0. The normalized spacial score (nSPS) is 12.5. The molecule has 0 saturated carbocycles. The van der Waals surface area contributed by atoms with Crippen LogP contribution in [0.15, 0.2) is 54.3 Å². The second-order valence-electron chi connectivity index (χ2n) is 11.9. The Balaban J connectivity index is 0.000000383. The number of nitrogens with zero attached hydrogens (tertiary/aromatic N) is 2. The predicted molar refractivity (Wildman–Crippen MR) is 142 cm³/mol. The van der Waals surface area contributed by atoms with Gasteiger partial charge in [0, 0.05) is 42.7 Å². The zero-order valence-corrected chi connectivity index (χ0v) is 25.1. The van der Waals surface area contributed by atoms with Crippen LogP contribution >= 0.6 is 0 Å². The SMILES string of the molecule is CC(C)(C)C(=O)/C=C(\O)C(C)(C)C.Cc1[c-]c(-c2cc3ccccc3nn2)cc(C(C)(C)C)c1.[Ir]. The van der Waals surface area contributed by atoms with Gasteiger partial charge in [-0.3, -0.25) is 4.79 Å². The number of carbonyl (C=O) groups excluding carboxylic acids is 1. The molecular weight excluding hydrogens is 613 g/mol. The maximum absolute atomic E-state index is 11.5. The minimum atomic E-state index is -0.417. The van der Waals surface area contributed by atoms with Crippen molar-refractivity contribution >= 4 is 16.7 Å². The molecule has 3 rings (SSSR count). The number of hydrogen-bond acceptors (Lipinski definition) is 4. The summed E-state index contributed by atoms with van der Waals surface area (Å²) in [6.45, 7) is 19.9. The smallest absolute Gasteiger partial charge is 0.164 e. The van der Waals surface area contributed by atoms with E-state index in [2.05, 4.69) is 68.2 Å². The van der Waals surface area contributed by atoms with Crippen molar-refractivity contribution in [3.63, 3.8) is 0 Å². The molecule has 1 aromatic heterocycles. The number of fused-ring (bicyclic) bond motifs is 1. The summed E-state index contributed by atoms with van der Waals surface area (Å²) < 4.78 is 0. The number of hydrogen-bond donors (Lipinski definition) is 1. The van der Waals surface area contributed by atoms with Crippen LogP contribution in [0.1, 0.15) is 73.4 Å². The van der Waals surface area contributed by atoms with Crippen LogP contribution < -0.4 is 0 Å². The fourth-order valence-corrected chi connectivity index (χ4v) is 2.96. The predicted octanol–water partition coefficient (Wildman–Crippen LogP) is 7.79. The molecule has 0 aliphatic rings. The fraction of sp³-hybridized carbons (Fsp3) is 0.433. The van der Waals surface area contributed by atoms with Crippen LogP contribution in [-0.2, 0) is 30.3 Å². The number of ketones is 1. The van der Waals surface area contributed by atoms with Gasteiger partial charge in [-0.05, 0) is 16.9 Å². The Bertz CT molecular complexity index is 1190. The molecule has 0 fully saturated rings. The first-order valence-corrected chi connectivity index (χ1v) is 11.7. The number of aliphatic hydroxyl groups excluding tert-OH is 1. The molecule has 0 aliphatic carbocycles. The van der Waals surface area contributed by atoms with Crippen molar-refractivity contribution in [2.45, 2.75) is 74.7 Å². The molecule has 4 nitrogen and oxygen atoms in total. The maximum atomic E-state index is 11.5. The largest absolute Gasteiger partial charge is 0.512 e. The Labute approximate surface area is 224 Å². The van der Waals surface area contributed by atoms with Crippen molar-refractivity contribution in [2.75, 3.05) is 0 Å². The van der Waals surface area contributed by atoms with Gasteiger partial charge in [0.15, 0.2) is 5.78 Å². The minimum Gasteiger partial charge on any atom is -0.512 e. The molecular formula is C30H39IrN2O2-. The molecule has 0 atom stereocenters. The third kappa shape index (κ3) is 8.98. The Morgan fingerprint density at radius 2 is 1.49 bits per heavy atom. The van der Waals surface area contributed by atoms with Crippen LogP contribution in [-0.4, -0.2) is 21.1 Å². The molecule has 0 amide bonds. The Hall–Kier alpha value is -2.36. The van der Waals surface area contributed by atoms with Gasteiger partial charge in [0.2, 0.25) is 0 Å². The van der Waals surface area contributed by atoms with Crippen molar-refractivity contribution in [2.24, 2.45) is 10.8 Å². The summed E-state index contributed by atoms with van der Waals surface area (Å²) >= 11 is 0. The van der Waals surface area contributed by atoms with Gasteiger partial charge >= 0.3 is 0 Å². The van der Waals surface area contributed by atoms with Gasteiger partial charge in [0.25, 0.3) is 0 Å². The first kappa shape index (κ1) is 30.7. The molecule has 5 heteroatoms. The molecule has 0 aliphatic heterocycles. The summed E-state index contributed by atoms with van der Waals surface area (Å²) in [6, 6.07) is 17.9. The van der Waals surface area contributed by atoms with Crippen molar-refractivity contribution in [1.82, 2.24) is 10.2 Å². The summed E-state index contributed by atoms with van der Waals surface area (Å²) in [5, 5.41) is 19.3. The summed E-state index contributed by atoms with van der Waals surface area (Å²) in [5.41, 5.74) is 4.58. The number of rotatable bonds is 2. The van der Waals surface area contributed by atoms with Gasteiger partial charge in [-0.2, -0.15) is 5.10 Å². The fourth-order valence-electron chi connectivity index (χ4n) is 2.96. The van der Waals surface area contributed by atoms with E-state index in [9.17, 15) is 9.90 Å². The molecule has 0 spiro atoms. The van der Waals surface area contributed by atoms with E-state index in [0.29, 0.717) is 0 Å². The van der Waals surface area contributed by atoms with Gasteiger partial charge in [0.05, 0.1) is 5.52 Å². The maximum Gasteiger partial charge on any atom is 0.164 e. The van der Waals surface area contributed by atoms with Crippen LogP contribution in [0.5, 0.6) is 0 Å². The number of benzene rings is 2. The molecule has 35 heavy (non-hydrogen) atoms. The topological polar surface area (TPSA) is 63.1 Å². The van der Waals surface area contributed by atoms with E-state index in [4.69, 9.17) is 0 Å². The van der Waals surface area contributed by atoms with Crippen molar-refractivity contribution in [3.8, 4) is 11.3 Å². The van der Waals surface area contributed by atoms with E-state index in [0.717, 1.165) is 27.7 Å². The summed E-state index contributed by atoms with van der Waals surface area (Å²) in [7, 11) is 0. The first-order valence-electron chi connectivity index (χ1n) is 11.7. The van der Waals surface area contributed by atoms with Crippen molar-refractivity contribution in [1.29, 1.82) is 0 Å². The summed E-state index contributed by atoms with van der Waals surface area (Å²) in [5.74, 6) is 0.104. The van der Waals surface area contributed by atoms with Crippen molar-refractivity contribution in [3.05, 3.63) is 71.5 Å².